The topological polar surface area (TPSA) is 71.1 Å². The molecule has 5 nitrogen and oxygen atoms in total. The molecule has 1 heterocycles. The van der Waals surface area contributed by atoms with Crippen LogP contribution in [0, 0.1) is 18.6 Å². The van der Waals surface area contributed by atoms with Crippen LogP contribution in [0.4, 0.5) is 14.5 Å². The van der Waals surface area contributed by atoms with Crippen LogP contribution in [0.15, 0.2) is 60.9 Å². The molecule has 0 saturated carbocycles. The maximum atomic E-state index is 13.7. The van der Waals surface area contributed by atoms with Crippen LogP contribution in [0.3, 0.4) is 0 Å². The second kappa shape index (κ2) is 8.39. The summed E-state index contributed by atoms with van der Waals surface area (Å²) < 4.78 is 26.6. The Morgan fingerprint density at radius 3 is 2.43 bits per heavy atom. The van der Waals surface area contributed by atoms with E-state index in [1.807, 2.05) is 31.2 Å². The highest BCUT2D eigenvalue weighted by molar-refractivity contribution is 6.05. The van der Waals surface area contributed by atoms with Crippen LogP contribution in [-0.4, -0.2) is 16.8 Å². The lowest BCUT2D eigenvalue weighted by Gasteiger charge is -2.09. The summed E-state index contributed by atoms with van der Waals surface area (Å²) in [5.74, 6) is -2.69. The van der Waals surface area contributed by atoms with Gasteiger partial charge in [0.25, 0.3) is 11.8 Å². The van der Waals surface area contributed by atoms with E-state index in [0.29, 0.717) is 12.6 Å². The van der Waals surface area contributed by atoms with Crippen LogP contribution in [0.2, 0.25) is 0 Å². The largest absolute Gasteiger partial charge is 0.348 e. The molecule has 0 atom stereocenters. The molecule has 0 bridgehead atoms. The zero-order valence-electron chi connectivity index (χ0n) is 15.0. The molecule has 1 aromatic heterocycles. The van der Waals surface area contributed by atoms with Gasteiger partial charge in [-0.05, 0) is 30.7 Å². The van der Waals surface area contributed by atoms with Gasteiger partial charge in [-0.2, -0.15) is 0 Å². The predicted molar refractivity (Wildman–Crippen MR) is 101 cm³/mol. The molecule has 3 aromatic rings. The highest BCUT2D eigenvalue weighted by Crippen LogP contribution is 2.16. The average Bonchev–Trinajstić information content (AvgIpc) is 2.68. The Morgan fingerprint density at radius 2 is 1.71 bits per heavy atom. The van der Waals surface area contributed by atoms with E-state index in [1.54, 1.807) is 0 Å². The van der Waals surface area contributed by atoms with Gasteiger partial charge >= 0.3 is 0 Å². The molecule has 0 saturated heterocycles. The fourth-order valence-electron chi connectivity index (χ4n) is 2.58. The Kier molecular flexibility index (Phi) is 5.74. The molecule has 0 spiro atoms. The second-order valence-electron chi connectivity index (χ2n) is 6.21. The van der Waals surface area contributed by atoms with Crippen molar-refractivity contribution < 1.29 is 18.4 Å². The van der Waals surface area contributed by atoms with Gasteiger partial charge in [0, 0.05) is 25.0 Å². The highest BCUT2D eigenvalue weighted by Gasteiger charge is 2.13. The summed E-state index contributed by atoms with van der Waals surface area (Å²) >= 11 is 0. The number of nitrogens with one attached hydrogen (secondary N) is 2. The normalized spacial score (nSPS) is 10.4. The molecule has 0 unspecified atom stereocenters. The van der Waals surface area contributed by atoms with Crippen LogP contribution in [0.1, 0.15) is 31.8 Å². The minimum absolute atomic E-state index is 0.0759. The number of carbonyl (C=O) groups is 2. The molecule has 0 aliphatic carbocycles. The molecular weight excluding hydrogens is 364 g/mol. The molecular formula is C21H17F2N3O2. The quantitative estimate of drug-likeness (QED) is 0.705. The van der Waals surface area contributed by atoms with Crippen molar-refractivity contribution in [3.8, 4) is 0 Å². The van der Waals surface area contributed by atoms with Gasteiger partial charge in [0.2, 0.25) is 0 Å². The Labute approximate surface area is 160 Å². The second-order valence-corrected chi connectivity index (χ2v) is 6.21. The number of nitrogens with zero attached hydrogens (tertiary/aromatic N) is 1. The minimum atomic E-state index is -0.895. The van der Waals surface area contributed by atoms with E-state index in [1.165, 1.54) is 18.5 Å². The van der Waals surface area contributed by atoms with Crippen molar-refractivity contribution in [2.45, 2.75) is 13.5 Å². The van der Waals surface area contributed by atoms with Gasteiger partial charge in [-0.3, -0.25) is 14.6 Å². The standard InChI is InChI=1S/C21H17F2N3O2/c1-13-3-2-4-14(7-13)10-25-20(27)15-8-16(12-24-11-15)21(28)26-19-6-5-17(22)9-18(19)23/h2-9,11-12H,10H2,1H3,(H,25,27)(H,26,28). The smallest absolute Gasteiger partial charge is 0.257 e. The molecule has 28 heavy (non-hydrogen) atoms. The van der Waals surface area contributed by atoms with Crippen LogP contribution in [-0.2, 0) is 6.54 Å². The van der Waals surface area contributed by atoms with Gasteiger partial charge in [0.1, 0.15) is 11.6 Å². The average molecular weight is 381 g/mol. The molecule has 2 N–H and O–H groups in total. The van der Waals surface area contributed by atoms with E-state index in [9.17, 15) is 18.4 Å². The van der Waals surface area contributed by atoms with E-state index in [4.69, 9.17) is 0 Å². The number of aryl methyl sites for hydroxylation is 1. The third-order valence-electron chi connectivity index (χ3n) is 3.98. The van der Waals surface area contributed by atoms with Gasteiger partial charge in [-0.1, -0.05) is 29.8 Å². The Balaban J connectivity index is 1.68. The van der Waals surface area contributed by atoms with Crippen LogP contribution in [0.25, 0.3) is 0 Å². The third kappa shape index (κ3) is 4.76. The summed E-state index contributed by atoms with van der Waals surface area (Å²) in [5, 5.41) is 5.09. The highest BCUT2D eigenvalue weighted by atomic mass is 19.1. The summed E-state index contributed by atoms with van der Waals surface area (Å²) in [5.41, 5.74) is 2.13. The van der Waals surface area contributed by atoms with Gasteiger partial charge < -0.3 is 10.6 Å². The van der Waals surface area contributed by atoms with Crippen molar-refractivity contribution in [1.29, 1.82) is 0 Å². The van der Waals surface area contributed by atoms with E-state index >= 15 is 0 Å². The monoisotopic (exact) mass is 381 g/mol. The fourth-order valence-corrected chi connectivity index (χ4v) is 2.58. The lowest BCUT2D eigenvalue weighted by Crippen LogP contribution is -2.23. The van der Waals surface area contributed by atoms with Crippen molar-refractivity contribution >= 4 is 17.5 Å². The molecule has 142 valence electrons. The first-order valence-electron chi connectivity index (χ1n) is 8.47. The number of aromatic nitrogens is 1. The first-order chi connectivity index (χ1) is 13.4. The molecule has 2 aromatic carbocycles. The molecule has 7 heteroatoms. The number of rotatable bonds is 5. The number of anilines is 1. The number of carbonyl (C=O) groups excluding carboxylic acids is 2. The zero-order chi connectivity index (χ0) is 20.1. The summed E-state index contributed by atoms with van der Waals surface area (Å²) in [6.45, 7) is 2.29. The number of halogens is 2. The van der Waals surface area contributed by atoms with E-state index in [-0.39, 0.29) is 16.8 Å². The van der Waals surface area contributed by atoms with Crippen molar-refractivity contribution in [1.82, 2.24) is 10.3 Å². The predicted octanol–water partition coefficient (Wildman–Crippen LogP) is 3.85. The van der Waals surface area contributed by atoms with Crippen LogP contribution < -0.4 is 10.6 Å². The number of benzene rings is 2. The van der Waals surface area contributed by atoms with E-state index < -0.39 is 23.4 Å². The summed E-state index contributed by atoms with van der Waals surface area (Å²) in [7, 11) is 0. The van der Waals surface area contributed by atoms with Gasteiger partial charge in [0.05, 0.1) is 16.8 Å². The molecule has 0 aliphatic heterocycles. The number of amides is 2. The van der Waals surface area contributed by atoms with Crippen molar-refractivity contribution in [2.75, 3.05) is 5.32 Å². The van der Waals surface area contributed by atoms with Gasteiger partial charge in [-0.25, -0.2) is 8.78 Å². The van der Waals surface area contributed by atoms with Gasteiger partial charge in [0.15, 0.2) is 0 Å². The molecule has 0 aliphatic rings. The first-order valence-corrected chi connectivity index (χ1v) is 8.47. The van der Waals surface area contributed by atoms with Crippen LogP contribution >= 0.6 is 0 Å². The lowest BCUT2D eigenvalue weighted by atomic mass is 10.1. The maximum absolute atomic E-state index is 13.7. The molecule has 0 fully saturated rings. The third-order valence-corrected chi connectivity index (χ3v) is 3.98. The lowest BCUT2D eigenvalue weighted by molar-refractivity contribution is 0.0950. The minimum Gasteiger partial charge on any atom is -0.348 e. The summed E-state index contributed by atoms with van der Waals surface area (Å²) in [6, 6.07) is 11.9. The van der Waals surface area contributed by atoms with Crippen molar-refractivity contribution in [3.63, 3.8) is 0 Å². The van der Waals surface area contributed by atoms with Gasteiger partial charge in [-0.15, -0.1) is 0 Å². The number of hydrogen-bond acceptors (Lipinski definition) is 3. The Hall–Kier alpha value is -3.61. The van der Waals surface area contributed by atoms with Crippen LogP contribution in [0.5, 0.6) is 0 Å². The van der Waals surface area contributed by atoms with E-state index in [2.05, 4.69) is 15.6 Å². The molecule has 2 amide bonds. The summed E-state index contributed by atoms with van der Waals surface area (Å²) in [6.07, 6.45) is 2.59. The SMILES string of the molecule is Cc1cccc(CNC(=O)c2cncc(C(=O)Nc3ccc(F)cc3F)c2)c1. The first kappa shape index (κ1) is 19.2. The summed E-state index contributed by atoms with van der Waals surface area (Å²) in [4.78, 5) is 28.5. The van der Waals surface area contributed by atoms with Crippen molar-refractivity contribution in [3.05, 3.63) is 94.8 Å². The Bertz CT molecular complexity index is 1040. The van der Waals surface area contributed by atoms with E-state index in [0.717, 1.165) is 23.3 Å². The molecule has 0 radical (unpaired) electrons. The molecule has 3 rings (SSSR count). The number of pyridine rings is 1. The zero-order valence-corrected chi connectivity index (χ0v) is 15.0. The fraction of sp³-hybridized carbons (Fsp3) is 0.0952. The maximum Gasteiger partial charge on any atom is 0.257 e. The number of hydrogen-bond donors (Lipinski definition) is 2. The Morgan fingerprint density at radius 1 is 0.964 bits per heavy atom. The van der Waals surface area contributed by atoms with Crippen molar-refractivity contribution in [2.24, 2.45) is 0 Å².